The van der Waals surface area contributed by atoms with E-state index in [4.69, 9.17) is 11.6 Å². The summed E-state index contributed by atoms with van der Waals surface area (Å²) >= 11 is 7.05. The highest BCUT2D eigenvalue weighted by Crippen LogP contribution is 2.32. The largest absolute Gasteiger partial charge is 0.478 e. The predicted octanol–water partition coefficient (Wildman–Crippen LogP) is 3.47. The number of carbonyl (C=O) groups is 1. The molecule has 2 heterocycles. The Morgan fingerprint density at radius 1 is 1.35 bits per heavy atom. The first-order valence-corrected chi connectivity index (χ1v) is 7.38. The molecule has 0 aliphatic heterocycles. The van der Waals surface area contributed by atoms with Crippen molar-refractivity contribution in [2.45, 2.75) is 29.3 Å². The second kappa shape index (κ2) is 5.42. The van der Waals surface area contributed by atoms with E-state index in [2.05, 4.69) is 9.97 Å². The average molecular weight is 307 g/mol. The first kappa shape index (κ1) is 13.4. The van der Waals surface area contributed by atoms with Gasteiger partial charge in [0.05, 0.1) is 10.6 Å². The minimum Gasteiger partial charge on any atom is -0.478 e. The molecule has 102 valence electrons. The molecule has 6 heteroatoms. The van der Waals surface area contributed by atoms with Crippen molar-refractivity contribution < 1.29 is 9.90 Å². The molecular formula is C14H11ClN2O2S. The van der Waals surface area contributed by atoms with Crippen LogP contribution in [-0.4, -0.2) is 21.0 Å². The highest BCUT2D eigenvalue weighted by atomic mass is 35.5. The van der Waals surface area contributed by atoms with Crippen LogP contribution in [0.5, 0.6) is 0 Å². The molecule has 0 atom stereocenters. The van der Waals surface area contributed by atoms with Crippen molar-refractivity contribution in [2.24, 2.45) is 0 Å². The van der Waals surface area contributed by atoms with Crippen molar-refractivity contribution >= 4 is 29.3 Å². The van der Waals surface area contributed by atoms with Crippen LogP contribution in [0.25, 0.3) is 0 Å². The maximum absolute atomic E-state index is 11.4. The Balaban J connectivity index is 1.99. The Kier molecular flexibility index (Phi) is 3.63. The van der Waals surface area contributed by atoms with Gasteiger partial charge in [-0.1, -0.05) is 11.6 Å². The van der Waals surface area contributed by atoms with Crippen LogP contribution in [0.3, 0.4) is 0 Å². The minimum atomic E-state index is -0.955. The fourth-order valence-corrected chi connectivity index (χ4v) is 3.17. The molecule has 0 radical (unpaired) electrons. The molecule has 0 amide bonds. The average Bonchev–Trinajstić information content (AvgIpc) is 2.87. The summed E-state index contributed by atoms with van der Waals surface area (Å²) in [5.41, 5.74) is 2.30. The van der Waals surface area contributed by atoms with Crippen molar-refractivity contribution in [1.29, 1.82) is 0 Å². The van der Waals surface area contributed by atoms with E-state index in [1.807, 2.05) is 0 Å². The highest BCUT2D eigenvalue weighted by molar-refractivity contribution is 7.99. The number of aryl methyl sites for hydroxylation is 2. The van der Waals surface area contributed by atoms with E-state index < -0.39 is 5.97 Å². The van der Waals surface area contributed by atoms with Gasteiger partial charge in [0, 0.05) is 11.9 Å². The van der Waals surface area contributed by atoms with Gasteiger partial charge in [-0.15, -0.1) is 0 Å². The summed E-state index contributed by atoms with van der Waals surface area (Å²) in [7, 11) is 0. The van der Waals surface area contributed by atoms with Gasteiger partial charge in [0.25, 0.3) is 0 Å². The highest BCUT2D eigenvalue weighted by Gasteiger charge is 2.20. The van der Waals surface area contributed by atoms with Gasteiger partial charge >= 0.3 is 5.97 Å². The summed E-state index contributed by atoms with van der Waals surface area (Å²) in [5, 5.41) is 11.1. The lowest BCUT2D eigenvalue weighted by atomic mass is 10.1. The van der Waals surface area contributed by atoms with Crippen LogP contribution in [0.1, 0.15) is 28.0 Å². The van der Waals surface area contributed by atoms with Crippen molar-refractivity contribution in [1.82, 2.24) is 9.97 Å². The topological polar surface area (TPSA) is 63.1 Å². The molecule has 0 fully saturated rings. The third kappa shape index (κ3) is 2.64. The monoisotopic (exact) mass is 306 g/mol. The first-order valence-electron chi connectivity index (χ1n) is 6.19. The van der Waals surface area contributed by atoms with E-state index in [0.717, 1.165) is 30.5 Å². The second-order valence-corrected chi connectivity index (χ2v) is 5.97. The van der Waals surface area contributed by atoms with Crippen LogP contribution < -0.4 is 0 Å². The van der Waals surface area contributed by atoms with Crippen LogP contribution in [0.4, 0.5) is 0 Å². The van der Waals surface area contributed by atoms with Crippen LogP contribution in [0.15, 0.2) is 34.4 Å². The smallest absolute Gasteiger partial charge is 0.338 e. The first-order chi connectivity index (χ1) is 9.63. The Hall–Kier alpha value is -1.59. The number of pyridine rings is 2. The van der Waals surface area contributed by atoms with Gasteiger partial charge in [-0.05, 0) is 54.8 Å². The molecule has 0 spiro atoms. The van der Waals surface area contributed by atoms with Gasteiger partial charge in [-0.3, -0.25) is 0 Å². The van der Waals surface area contributed by atoms with E-state index >= 15 is 0 Å². The molecule has 0 saturated carbocycles. The number of fused-ring (bicyclic) bond motifs is 1. The van der Waals surface area contributed by atoms with Gasteiger partial charge in [0.1, 0.15) is 10.1 Å². The number of rotatable bonds is 3. The van der Waals surface area contributed by atoms with Gasteiger partial charge in [-0.2, -0.15) is 0 Å². The van der Waals surface area contributed by atoms with Gasteiger partial charge in [0.2, 0.25) is 0 Å². The number of hydrogen-bond acceptors (Lipinski definition) is 4. The fourth-order valence-electron chi connectivity index (χ4n) is 2.21. The number of carboxylic acid groups (broad SMARTS) is 1. The molecule has 4 nitrogen and oxygen atoms in total. The lowest BCUT2D eigenvalue weighted by Crippen LogP contribution is -2.04. The Bertz CT molecular complexity index is 674. The summed E-state index contributed by atoms with van der Waals surface area (Å²) in [6.07, 6.45) is 4.40. The predicted molar refractivity (Wildman–Crippen MR) is 76.6 cm³/mol. The summed E-state index contributed by atoms with van der Waals surface area (Å²) in [4.78, 5) is 20.0. The van der Waals surface area contributed by atoms with E-state index in [1.165, 1.54) is 18.0 Å². The van der Waals surface area contributed by atoms with Crippen LogP contribution in [0.2, 0.25) is 5.02 Å². The van der Waals surface area contributed by atoms with E-state index in [1.54, 1.807) is 18.2 Å². The third-order valence-corrected chi connectivity index (χ3v) is 4.33. The summed E-state index contributed by atoms with van der Waals surface area (Å²) in [6, 6.07) is 5.23. The third-order valence-electron chi connectivity index (χ3n) is 3.15. The number of hydrogen-bond donors (Lipinski definition) is 1. The number of aromatic nitrogens is 2. The number of halogens is 1. The molecule has 1 aliphatic carbocycles. The molecule has 0 bridgehead atoms. The molecule has 3 rings (SSSR count). The molecule has 1 aliphatic rings. The molecule has 2 aromatic rings. The normalized spacial score (nSPS) is 13.2. The van der Waals surface area contributed by atoms with Crippen LogP contribution in [-0.2, 0) is 12.8 Å². The second-order valence-electron chi connectivity index (χ2n) is 4.52. The Labute approximate surface area is 125 Å². The fraction of sp³-hybridized carbons (Fsp3) is 0.214. The van der Waals surface area contributed by atoms with E-state index in [-0.39, 0.29) is 5.56 Å². The standard InChI is InChI=1S/C14H11ClN2O2S/c15-9-4-5-12(16-7-9)20-13-10(14(18)19)6-8-2-1-3-11(8)17-13/h4-7H,1-3H2,(H,18,19). The zero-order valence-electron chi connectivity index (χ0n) is 10.5. The van der Waals surface area contributed by atoms with Crippen LogP contribution >= 0.6 is 23.4 Å². The number of carboxylic acids is 1. The lowest BCUT2D eigenvalue weighted by molar-refractivity contribution is 0.0692. The van der Waals surface area contributed by atoms with E-state index in [9.17, 15) is 9.90 Å². The molecule has 0 unspecified atom stereocenters. The summed E-state index contributed by atoms with van der Waals surface area (Å²) < 4.78 is 0. The van der Waals surface area contributed by atoms with Crippen molar-refractivity contribution in [3.05, 3.63) is 46.2 Å². The molecule has 20 heavy (non-hydrogen) atoms. The van der Waals surface area contributed by atoms with Crippen LogP contribution in [0, 0.1) is 0 Å². The Morgan fingerprint density at radius 2 is 2.20 bits per heavy atom. The molecular weight excluding hydrogens is 296 g/mol. The molecule has 1 N–H and O–H groups in total. The zero-order valence-corrected chi connectivity index (χ0v) is 12.0. The van der Waals surface area contributed by atoms with Gasteiger partial charge in [0.15, 0.2) is 0 Å². The lowest BCUT2D eigenvalue weighted by Gasteiger charge is -2.08. The zero-order chi connectivity index (χ0) is 14.1. The molecule has 0 saturated heterocycles. The SMILES string of the molecule is O=C(O)c1cc2c(nc1Sc1ccc(Cl)cn1)CCC2. The van der Waals surface area contributed by atoms with Gasteiger partial charge < -0.3 is 5.11 Å². The maximum Gasteiger partial charge on any atom is 0.338 e. The van der Waals surface area contributed by atoms with E-state index in [0.29, 0.717) is 15.1 Å². The van der Waals surface area contributed by atoms with Crippen molar-refractivity contribution in [3.8, 4) is 0 Å². The maximum atomic E-state index is 11.4. The van der Waals surface area contributed by atoms with Crippen molar-refractivity contribution in [3.63, 3.8) is 0 Å². The minimum absolute atomic E-state index is 0.243. The quantitative estimate of drug-likeness (QED) is 0.940. The molecule has 2 aromatic heterocycles. The summed E-state index contributed by atoms with van der Waals surface area (Å²) in [6.45, 7) is 0. The number of nitrogens with zero attached hydrogens (tertiary/aromatic N) is 2. The van der Waals surface area contributed by atoms with Gasteiger partial charge in [-0.25, -0.2) is 14.8 Å². The Morgan fingerprint density at radius 3 is 2.90 bits per heavy atom. The number of aromatic carboxylic acids is 1. The summed E-state index contributed by atoms with van der Waals surface area (Å²) in [5.74, 6) is -0.955. The van der Waals surface area contributed by atoms with Crippen molar-refractivity contribution in [2.75, 3.05) is 0 Å². The molecule has 0 aromatic carbocycles.